The van der Waals surface area contributed by atoms with E-state index in [1.807, 2.05) is 27.7 Å². The van der Waals surface area contributed by atoms with Gasteiger partial charge in [-0.1, -0.05) is 45.0 Å². The maximum Gasteiger partial charge on any atom is 0.416 e. The molecule has 176 valence electrons. The molecule has 2 rings (SSSR count). The van der Waals surface area contributed by atoms with Crippen LogP contribution in [0.4, 0.5) is 13.2 Å². The van der Waals surface area contributed by atoms with Crippen molar-refractivity contribution in [2.75, 3.05) is 0 Å². The summed E-state index contributed by atoms with van der Waals surface area (Å²) in [6.45, 7) is 7.84. The molecule has 0 N–H and O–H groups in total. The van der Waals surface area contributed by atoms with Gasteiger partial charge >= 0.3 is 16.3 Å². The Labute approximate surface area is 187 Å². The van der Waals surface area contributed by atoms with Gasteiger partial charge in [0.1, 0.15) is 10.6 Å². The van der Waals surface area contributed by atoms with Crippen molar-refractivity contribution < 1.29 is 30.6 Å². The van der Waals surface area contributed by atoms with Crippen molar-refractivity contribution in [3.8, 4) is 5.75 Å². The summed E-state index contributed by atoms with van der Waals surface area (Å²) in [6, 6.07) is 9.59. The molecule has 0 bridgehead atoms. The number of benzene rings is 2. The third-order valence-electron chi connectivity index (χ3n) is 4.99. The molecule has 2 aromatic carbocycles. The predicted molar refractivity (Wildman–Crippen MR) is 115 cm³/mol. The molecule has 0 saturated heterocycles. The Kier molecular flexibility index (Phi) is 8.34. The van der Waals surface area contributed by atoms with Gasteiger partial charge in [-0.15, -0.1) is 0 Å². The summed E-state index contributed by atoms with van der Waals surface area (Å²) < 4.78 is 69.6. The van der Waals surface area contributed by atoms with E-state index in [4.69, 9.17) is 4.18 Å². The molecule has 0 aliphatic carbocycles. The largest absolute Gasteiger partial charge is 0.416 e. The molecule has 0 unspecified atom stereocenters. The van der Waals surface area contributed by atoms with Crippen molar-refractivity contribution in [1.29, 1.82) is 0 Å². The van der Waals surface area contributed by atoms with Crippen LogP contribution < -0.4 is 4.18 Å². The molecule has 0 saturated carbocycles. The fourth-order valence-corrected chi connectivity index (χ4v) is 4.08. The number of hydrogen-bond acceptors (Lipinski definition) is 4. The van der Waals surface area contributed by atoms with Crippen LogP contribution in [0.2, 0.25) is 0 Å². The zero-order valence-electron chi connectivity index (χ0n) is 18.5. The highest BCUT2D eigenvalue weighted by Gasteiger charge is 2.32. The van der Waals surface area contributed by atoms with E-state index in [-0.39, 0.29) is 30.2 Å². The molecule has 32 heavy (non-hydrogen) atoms. The van der Waals surface area contributed by atoms with Crippen molar-refractivity contribution >= 4 is 16.0 Å². The standard InChI is InChI=1S/C23H28F3NO4S/c1-5-17(4)27(22(28)13-16(2)3)15-18-9-6-7-12-21(18)31-32(29,30)20-11-8-10-19(14-20)23(24,25)26/h6-12,14,16-17H,5,13,15H2,1-4H3/t17-/m0/s1. The van der Waals surface area contributed by atoms with Gasteiger partial charge in [0, 0.05) is 24.6 Å². The molecule has 9 heteroatoms. The van der Waals surface area contributed by atoms with Crippen molar-refractivity contribution in [3.63, 3.8) is 0 Å². The molecule has 5 nitrogen and oxygen atoms in total. The van der Waals surface area contributed by atoms with E-state index >= 15 is 0 Å². The Morgan fingerprint density at radius 3 is 2.31 bits per heavy atom. The van der Waals surface area contributed by atoms with E-state index in [1.165, 1.54) is 6.07 Å². The first-order valence-corrected chi connectivity index (χ1v) is 11.7. The monoisotopic (exact) mass is 471 g/mol. The van der Waals surface area contributed by atoms with Crippen LogP contribution in [-0.4, -0.2) is 25.3 Å². The van der Waals surface area contributed by atoms with Crippen LogP contribution in [0.1, 0.15) is 51.7 Å². The average molecular weight is 472 g/mol. The lowest BCUT2D eigenvalue weighted by atomic mass is 10.1. The maximum absolute atomic E-state index is 13.0. The van der Waals surface area contributed by atoms with Gasteiger partial charge < -0.3 is 9.08 Å². The minimum absolute atomic E-state index is 0.0319. The molecule has 0 radical (unpaired) electrons. The third-order valence-corrected chi connectivity index (χ3v) is 6.22. The highest BCUT2D eigenvalue weighted by atomic mass is 32.2. The van der Waals surface area contributed by atoms with Crippen LogP contribution in [-0.2, 0) is 27.6 Å². The molecule has 1 atom stereocenters. The molecule has 2 aromatic rings. The molecule has 0 fully saturated rings. The first-order valence-electron chi connectivity index (χ1n) is 10.3. The fourth-order valence-electron chi connectivity index (χ4n) is 3.07. The van der Waals surface area contributed by atoms with Crippen LogP contribution in [0.15, 0.2) is 53.4 Å². The number of alkyl halides is 3. The highest BCUT2D eigenvalue weighted by molar-refractivity contribution is 7.87. The van der Waals surface area contributed by atoms with Gasteiger partial charge in [-0.3, -0.25) is 4.79 Å². The van der Waals surface area contributed by atoms with Crippen molar-refractivity contribution in [2.45, 2.75) is 64.2 Å². The summed E-state index contributed by atoms with van der Waals surface area (Å²) in [5.74, 6) is 0.0577. The molecular weight excluding hydrogens is 443 g/mol. The van der Waals surface area contributed by atoms with Gasteiger partial charge in [0.15, 0.2) is 0 Å². The minimum atomic E-state index is -4.68. The topological polar surface area (TPSA) is 63.7 Å². The van der Waals surface area contributed by atoms with Gasteiger partial charge in [-0.2, -0.15) is 21.6 Å². The molecule has 0 heterocycles. The smallest absolute Gasteiger partial charge is 0.379 e. The van der Waals surface area contributed by atoms with Crippen molar-refractivity contribution in [2.24, 2.45) is 5.92 Å². The van der Waals surface area contributed by atoms with Crippen molar-refractivity contribution in [3.05, 3.63) is 59.7 Å². The van der Waals surface area contributed by atoms with Gasteiger partial charge in [0.05, 0.1) is 5.56 Å². The number of hydrogen-bond donors (Lipinski definition) is 0. The lowest BCUT2D eigenvalue weighted by Gasteiger charge is -2.30. The van der Waals surface area contributed by atoms with E-state index < -0.39 is 26.8 Å². The number of halogens is 3. The number of nitrogens with zero attached hydrogens (tertiary/aromatic N) is 1. The van der Waals surface area contributed by atoms with Gasteiger partial charge in [0.2, 0.25) is 5.91 Å². The summed E-state index contributed by atoms with van der Waals surface area (Å²) in [7, 11) is -4.52. The number of rotatable bonds is 9. The summed E-state index contributed by atoms with van der Waals surface area (Å²) in [5.41, 5.74) is -0.641. The van der Waals surface area contributed by atoms with E-state index in [0.717, 1.165) is 18.2 Å². The summed E-state index contributed by atoms with van der Waals surface area (Å²) in [6.07, 6.45) is -3.64. The van der Waals surface area contributed by atoms with E-state index in [1.54, 1.807) is 23.1 Å². The Balaban J connectivity index is 2.36. The van der Waals surface area contributed by atoms with Gasteiger partial charge in [-0.25, -0.2) is 0 Å². The lowest BCUT2D eigenvalue weighted by Crippen LogP contribution is -2.38. The molecule has 0 aliphatic heterocycles. The fraction of sp³-hybridized carbons (Fsp3) is 0.435. The predicted octanol–water partition coefficient (Wildman–Crippen LogP) is 5.65. The maximum atomic E-state index is 13.0. The SMILES string of the molecule is CC[C@H](C)N(Cc1ccccc1OS(=O)(=O)c1cccc(C(F)(F)F)c1)C(=O)CC(C)C. The second-order valence-electron chi connectivity index (χ2n) is 8.05. The van der Waals surface area contributed by atoms with Gasteiger partial charge in [0.25, 0.3) is 0 Å². The summed E-state index contributed by atoms with van der Waals surface area (Å²) >= 11 is 0. The minimum Gasteiger partial charge on any atom is -0.379 e. The normalized spacial score (nSPS) is 13.1. The van der Waals surface area contributed by atoms with E-state index in [0.29, 0.717) is 24.5 Å². The number of carbonyl (C=O) groups is 1. The first-order chi connectivity index (χ1) is 14.8. The third kappa shape index (κ3) is 6.72. The van der Waals surface area contributed by atoms with Crippen molar-refractivity contribution in [1.82, 2.24) is 4.90 Å². The second kappa shape index (κ2) is 10.4. The number of amides is 1. The Bertz CT molecular complexity index is 1040. The van der Waals surface area contributed by atoms with Gasteiger partial charge in [-0.05, 0) is 43.5 Å². The van der Waals surface area contributed by atoms with Crippen LogP contribution in [0.3, 0.4) is 0 Å². The quantitative estimate of drug-likeness (QED) is 0.444. The molecular formula is C23H28F3NO4S. The van der Waals surface area contributed by atoms with Crippen LogP contribution in [0.5, 0.6) is 5.75 Å². The Hall–Kier alpha value is -2.55. The number of carbonyl (C=O) groups excluding carboxylic acids is 1. The van der Waals surface area contributed by atoms with E-state index in [9.17, 15) is 26.4 Å². The summed E-state index contributed by atoms with van der Waals surface area (Å²) in [5, 5.41) is 0. The zero-order valence-corrected chi connectivity index (χ0v) is 19.3. The highest BCUT2D eigenvalue weighted by Crippen LogP contribution is 2.32. The zero-order chi connectivity index (χ0) is 24.1. The Morgan fingerprint density at radius 2 is 1.72 bits per heavy atom. The van der Waals surface area contributed by atoms with Crippen LogP contribution in [0, 0.1) is 5.92 Å². The lowest BCUT2D eigenvalue weighted by molar-refractivity contribution is -0.138. The van der Waals surface area contributed by atoms with Crippen LogP contribution >= 0.6 is 0 Å². The Morgan fingerprint density at radius 1 is 1.06 bits per heavy atom. The summed E-state index contributed by atoms with van der Waals surface area (Å²) in [4.78, 5) is 13.8. The average Bonchev–Trinajstić information content (AvgIpc) is 2.71. The number of para-hydroxylation sites is 1. The second-order valence-corrected chi connectivity index (χ2v) is 9.59. The first kappa shape index (κ1) is 25.7. The van der Waals surface area contributed by atoms with Crippen LogP contribution in [0.25, 0.3) is 0 Å². The molecule has 0 aliphatic rings. The molecule has 0 aromatic heterocycles. The molecule has 0 spiro atoms. The van der Waals surface area contributed by atoms with E-state index in [2.05, 4.69) is 0 Å². The molecule has 1 amide bonds.